The van der Waals surface area contributed by atoms with Gasteiger partial charge in [0, 0.05) is 69.2 Å². The minimum absolute atomic E-state index is 0.246. The third kappa shape index (κ3) is 3.83. The van der Waals surface area contributed by atoms with Crippen molar-refractivity contribution >= 4 is 0 Å². The van der Waals surface area contributed by atoms with Crippen molar-refractivity contribution in [3.05, 3.63) is 42.5 Å². The number of piperazine rings is 1. The molecule has 3 heterocycles. The molecule has 3 rings (SSSR count). The Balaban J connectivity index is 1.70. The molecule has 1 aliphatic heterocycles. The van der Waals surface area contributed by atoms with Crippen LogP contribution in [0.25, 0.3) is 5.95 Å². The van der Waals surface area contributed by atoms with E-state index in [0.29, 0.717) is 18.0 Å². The Kier molecular flexibility index (Phi) is 5.60. The summed E-state index contributed by atoms with van der Waals surface area (Å²) in [6.45, 7) is 8.66. The number of aliphatic hydroxyl groups excluding tert-OH is 1. The van der Waals surface area contributed by atoms with E-state index in [1.54, 1.807) is 12.4 Å². The van der Waals surface area contributed by atoms with E-state index in [1.165, 1.54) is 5.69 Å². The maximum atomic E-state index is 9.39. The third-order valence-electron chi connectivity index (χ3n) is 4.72. The van der Waals surface area contributed by atoms with E-state index in [2.05, 4.69) is 44.2 Å². The molecule has 0 unspecified atom stereocenters. The summed E-state index contributed by atoms with van der Waals surface area (Å²) in [5, 5.41) is 9.39. The molecule has 24 heavy (non-hydrogen) atoms. The highest BCUT2D eigenvalue weighted by Crippen LogP contribution is 2.19. The average molecular weight is 329 g/mol. The molecule has 2 aromatic rings. The lowest BCUT2D eigenvalue weighted by molar-refractivity contribution is 0.0342. The maximum absolute atomic E-state index is 9.39. The zero-order valence-electron chi connectivity index (χ0n) is 14.5. The number of aliphatic hydroxyl groups is 1. The number of rotatable bonds is 6. The monoisotopic (exact) mass is 329 g/mol. The van der Waals surface area contributed by atoms with Crippen LogP contribution in [-0.4, -0.2) is 67.8 Å². The first-order valence-corrected chi connectivity index (χ1v) is 8.71. The highest BCUT2D eigenvalue weighted by Gasteiger charge is 2.28. The predicted octanol–water partition coefficient (Wildman–Crippen LogP) is 1.54. The summed E-state index contributed by atoms with van der Waals surface area (Å²) in [4.78, 5) is 13.7. The van der Waals surface area contributed by atoms with E-state index >= 15 is 0 Å². The molecule has 6 nitrogen and oxygen atoms in total. The number of hydrogen-bond acceptors (Lipinski definition) is 5. The fraction of sp³-hybridized carbons (Fsp3) is 0.556. The topological polar surface area (TPSA) is 57.4 Å². The van der Waals surface area contributed by atoms with Gasteiger partial charge >= 0.3 is 0 Å². The van der Waals surface area contributed by atoms with Crippen LogP contribution in [0.15, 0.2) is 36.8 Å². The molecule has 1 N–H and O–H groups in total. The molecule has 0 aliphatic carbocycles. The van der Waals surface area contributed by atoms with Crippen LogP contribution in [0.1, 0.15) is 26.0 Å². The fourth-order valence-electron chi connectivity index (χ4n) is 3.55. The summed E-state index contributed by atoms with van der Waals surface area (Å²) in [5.41, 5.74) is 1.20. The second-order valence-electron chi connectivity index (χ2n) is 6.65. The molecule has 1 aliphatic rings. The molecule has 0 radical (unpaired) electrons. The first-order valence-electron chi connectivity index (χ1n) is 8.71. The van der Waals surface area contributed by atoms with Gasteiger partial charge in [-0.05, 0) is 38.5 Å². The van der Waals surface area contributed by atoms with Gasteiger partial charge in [0.1, 0.15) is 0 Å². The van der Waals surface area contributed by atoms with Gasteiger partial charge in [0.15, 0.2) is 0 Å². The minimum Gasteiger partial charge on any atom is -0.396 e. The van der Waals surface area contributed by atoms with Crippen molar-refractivity contribution in [1.29, 1.82) is 0 Å². The van der Waals surface area contributed by atoms with E-state index in [9.17, 15) is 5.11 Å². The molecular weight excluding hydrogens is 302 g/mol. The van der Waals surface area contributed by atoms with Gasteiger partial charge in [-0.3, -0.25) is 14.4 Å². The van der Waals surface area contributed by atoms with Crippen molar-refractivity contribution in [3.8, 4) is 5.95 Å². The molecule has 6 heteroatoms. The zero-order chi connectivity index (χ0) is 16.9. The maximum Gasteiger partial charge on any atom is 0.233 e. The van der Waals surface area contributed by atoms with Gasteiger partial charge in [0.2, 0.25) is 5.95 Å². The van der Waals surface area contributed by atoms with Crippen LogP contribution in [0.2, 0.25) is 0 Å². The summed E-state index contributed by atoms with van der Waals surface area (Å²) in [7, 11) is 0. The predicted molar refractivity (Wildman–Crippen MR) is 94.0 cm³/mol. The van der Waals surface area contributed by atoms with Crippen LogP contribution < -0.4 is 0 Å². The lowest BCUT2D eigenvalue weighted by atomic mass is 10.1. The molecule has 2 aromatic heterocycles. The summed E-state index contributed by atoms with van der Waals surface area (Å²) in [6, 6.07) is 6.94. The van der Waals surface area contributed by atoms with Crippen LogP contribution in [0.5, 0.6) is 0 Å². The Morgan fingerprint density at radius 3 is 2.71 bits per heavy atom. The number of aromatic nitrogens is 3. The molecule has 130 valence electrons. The normalized spacial score (nSPS) is 19.9. The quantitative estimate of drug-likeness (QED) is 0.871. The van der Waals surface area contributed by atoms with Crippen molar-refractivity contribution in [2.24, 2.45) is 0 Å². The highest BCUT2D eigenvalue weighted by atomic mass is 16.3. The Bertz CT molecular complexity index is 627. The highest BCUT2D eigenvalue weighted by molar-refractivity contribution is 5.20. The Hall–Kier alpha value is -1.76. The Morgan fingerprint density at radius 1 is 1.21 bits per heavy atom. The molecule has 1 atom stereocenters. The van der Waals surface area contributed by atoms with Gasteiger partial charge in [0.25, 0.3) is 0 Å². The van der Waals surface area contributed by atoms with Crippen molar-refractivity contribution < 1.29 is 5.11 Å². The molecule has 0 amide bonds. The summed E-state index contributed by atoms with van der Waals surface area (Å²) in [5.74, 6) is 0.713. The Labute approximate surface area is 143 Å². The van der Waals surface area contributed by atoms with Crippen LogP contribution in [0.3, 0.4) is 0 Å². The van der Waals surface area contributed by atoms with Crippen LogP contribution >= 0.6 is 0 Å². The Morgan fingerprint density at radius 2 is 2.00 bits per heavy atom. The van der Waals surface area contributed by atoms with Crippen molar-refractivity contribution in [2.45, 2.75) is 38.9 Å². The average Bonchev–Trinajstić information content (AvgIpc) is 3.04. The zero-order valence-corrected chi connectivity index (χ0v) is 14.5. The van der Waals surface area contributed by atoms with Crippen LogP contribution in [0.4, 0.5) is 0 Å². The second-order valence-corrected chi connectivity index (χ2v) is 6.65. The van der Waals surface area contributed by atoms with Crippen molar-refractivity contribution in [1.82, 2.24) is 24.3 Å². The van der Waals surface area contributed by atoms with Gasteiger partial charge in [0.05, 0.1) is 0 Å². The summed E-state index contributed by atoms with van der Waals surface area (Å²) < 4.78 is 2.05. The molecule has 1 saturated heterocycles. The van der Waals surface area contributed by atoms with E-state index in [1.807, 2.05) is 18.3 Å². The first kappa shape index (κ1) is 17.1. The molecule has 0 spiro atoms. The van der Waals surface area contributed by atoms with Crippen LogP contribution in [-0.2, 0) is 6.54 Å². The second kappa shape index (κ2) is 7.88. The van der Waals surface area contributed by atoms with Crippen molar-refractivity contribution in [2.75, 3.05) is 26.2 Å². The first-order chi connectivity index (χ1) is 11.7. The van der Waals surface area contributed by atoms with E-state index in [0.717, 1.165) is 32.6 Å². The summed E-state index contributed by atoms with van der Waals surface area (Å²) in [6.07, 6.45) is 6.38. The number of nitrogens with zero attached hydrogens (tertiary/aromatic N) is 5. The summed E-state index contributed by atoms with van der Waals surface area (Å²) >= 11 is 0. The minimum atomic E-state index is 0.246. The van der Waals surface area contributed by atoms with Gasteiger partial charge < -0.3 is 5.11 Å². The van der Waals surface area contributed by atoms with E-state index < -0.39 is 0 Å². The van der Waals surface area contributed by atoms with E-state index in [-0.39, 0.29) is 6.61 Å². The molecule has 0 aromatic carbocycles. The largest absolute Gasteiger partial charge is 0.396 e. The number of hydrogen-bond donors (Lipinski definition) is 1. The van der Waals surface area contributed by atoms with Crippen LogP contribution in [0, 0.1) is 0 Å². The van der Waals surface area contributed by atoms with Crippen molar-refractivity contribution in [3.63, 3.8) is 0 Å². The lowest BCUT2D eigenvalue weighted by Gasteiger charge is -2.43. The molecule has 0 saturated carbocycles. The van der Waals surface area contributed by atoms with Gasteiger partial charge in [-0.2, -0.15) is 0 Å². The fourth-order valence-corrected chi connectivity index (χ4v) is 3.55. The standard InChI is InChI=1S/C18H27N5O/c1-15(2)22-11-10-21(14-17(22)6-12-24)13-16-5-3-9-23(16)18-19-7-4-8-20-18/h3-5,7-9,15,17,24H,6,10-14H2,1-2H3/t17-/m1/s1. The third-order valence-corrected chi connectivity index (χ3v) is 4.72. The van der Waals surface area contributed by atoms with Gasteiger partial charge in [-0.25, -0.2) is 9.97 Å². The molecular formula is C18H27N5O. The molecule has 0 bridgehead atoms. The van der Waals surface area contributed by atoms with E-state index in [4.69, 9.17) is 0 Å². The molecule has 1 fully saturated rings. The lowest BCUT2D eigenvalue weighted by Crippen LogP contribution is -2.55. The SMILES string of the molecule is CC(C)N1CCN(Cc2cccn2-c2ncccn2)C[C@H]1CCO. The van der Waals surface area contributed by atoms with Gasteiger partial charge in [-0.15, -0.1) is 0 Å². The van der Waals surface area contributed by atoms with Gasteiger partial charge in [-0.1, -0.05) is 0 Å². The smallest absolute Gasteiger partial charge is 0.233 e.